The van der Waals surface area contributed by atoms with Crippen LogP contribution in [-0.2, 0) is 16.1 Å². The number of esters is 1. The maximum atomic E-state index is 14.3. The van der Waals surface area contributed by atoms with Crippen LogP contribution in [0.2, 0.25) is 0 Å². The molecule has 0 radical (unpaired) electrons. The summed E-state index contributed by atoms with van der Waals surface area (Å²) < 4.78 is 34.0. The number of carbonyl (C=O) groups is 2. The van der Waals surface area contributed by atoms with Gasteiger partial charge in [-0.3, -0.25) is 9.59 Å². The predicted octanol–water partition coefficient (Wildman–Crippen LogP) is 4.01. The number of ether oxygens (including phenoxy) is 1. The third-order valence-corrected chi connectivity index (χ3v) is 5.70. The van der Waals surface area contributed by atoms with Crippen molar-refractivity contribution in [1.82, 2.24) is 4.57 Å². The highest BCUT2D eigenvalue weighted by Gasteiger charge is 2.17. The Morgan fingerprint density at radius 2 is 2.04 bits per heavy atom. The van der Waals surface area contributed by atoms with Crippen molar-refractivity contribution in [2.45, 2.75) is 18.4 Å². The summed E-state index contributed by atoms with van der Waals surface area (Å²) >= 11 is 2.51. The molecule has 146 valence electrons. The first-order chi connectivity index (χ1) is 13.4. The topological polar surface area (TPSA) is 60.7 Å². The second kappa shape index (κ2) is 8.66. The van der Waals surface area contributed by atoms with Gasteiger partial charge in [-0.05, 0) is 30.0 Å². The van der Waals surface area contributed by atoms with Crippen LogP contribution >= 0.6 is 23.1 Å². The molecule has 1 aromatic heterocycles. The van der Waals surface area contributed by atoms with Gasteiger partial charge in [0.2, 0.25) is 0 Å². The SMILES string of the molecule is CCSc1cccc(C(=O)N=c2sc3cc(F)cc(F)c3n2CC(=O)OC)c1. The quantitative estimate of drug-likeness (QED) is 0.461. The summed E-state index contributed by atoms with van der Waals surface area (Å²) in [7, 11) is 1.20. The number of rotatable bonds is 5. The van der Waals surface area contributed by atoms with Crippen LogP contribution in [0.15, 0.2) is 46.3 Å². The summed E-state index contributed by atoms with van der Waals surface area (Å²) in [5.41, 5.74) is 0.366. The van der Waals surface area contributed by atoms with Gasteiger partial charge in [0.1, 0.15) is 12.4 Å². The maximum Gasteiger partial charge on any atom is 0.325 e. The summed E-state index contributed by atoms with van der Waals surface area (Å²) in [5.74, 6) is -1.91. The second-order valence-electron chi connectivity index (χ2n) is 5.66. The van der Waals surface area contributed by atoms with E-state index in [1.54, 1.807) is 30.0 Å². The molecular weight excluding hydrogens is 406 g/mol. The fourth-order valence-electron chi connectivity index (χ4n) is 2.59. The molecule has 0 aliphatic rings. The first-order valence-electron chi connectivity index (χ1n) is 8.30. The minimum atomic E-state index is -0.842. The van der Waals surface area contributed by atoms with Gasteiger partial charge in [0.15, 0.2) is 10.6 Å². The number of carbonyl (C=O) groups excluding carboxylic acids is 2. The van der Waals surface area contributed by atoms with Crippen molar-refractivity contribution in [3.63, 3.8) is 0 Å². The zero-order valence-corrected chi connectivity index (χ0v) is 16.7. The first-order valence-corrected chi connectivity index (χ1v) is 10.1. The van der Waals surface area contributed by atoms with E-state index >= 15 is 0 Å². The van der Waals surface area contributed by atoms with Crippen molar-refractivity contribution >= 4 is 45.2 Å². The van der Waals surface area contributed by atoms with Gasteiger partial charge in [-0.15, -0.1) is 11.8 Å². The van der Waals surface area contributed by atoms with E-state index in [1.165, 1.54) is 11.7 Å². The molecule has 0 saturated carbocycles. The number of thioether (sulfide) groups is 1. The molecule has 0 atom stereocenters. The number of fused-ring (bicyclic) bond motifs is 1. The van der Waals surface area contributed by atoms with Crippen molar-refractivity contribution in [2.24, 2.45) is 4.99 Å². The van der Waals surface area contributed by atoms with Gasteiger partial charge >= 0.3 is 5.97 Å². The van der Waals surface area contributed by atoms with Crippen LogP contribution in [0.25, 0.3) is 10.2 Å². The number of benzene rings is 2. The van der Waals surface area contributed by atoms with Gasteiger partial charge in [-0.2, -0.15) is 4.99 Å². The van der Waals surface area contributed by atoms with Gasteiger partial charge in [0.05, 0.1) is 17.3 Å². The van der Waals surface area contributed by atoms with Crippen LogP contribution in [0, 0.1) is 11.6 Å². The lowest BCUT2D eigenvalue weighted by Gasteiger charge is -2.05. The Bertz CT molecular complexity index is 1120. The summed E-state index contributed by atoms with van der Waals surface area (Å²) in [6.45, 7) is 1.65. The molecular formula is C19H16F2N2O3S2. The van der Waals surface area contributed by atoms with Gasteiger partial charge in [-0.25, -0.2) is 8.78 Å². The average Bonchev–Trinajstić information content (AvgIpc) is 2.99. The molecule has 3 aromatic rings. The summed E-state index contributed by atoms with van der Waals surface area (Å²) in [6.07, 6.45) is 0. The molecule has 1 amide bonds. The maximum absolute atomic E-state index is 14.3. The fraction of sp³-hybridized carbons (Fsp3) is 0.211. The third-order valence-electron chi connectivity index (χ3n) is 3.80. The molecule has 0 saturated heterocycles. The van der Waals surface area contributed by atoms with Crippen LogP contribution in [-0.4, -0.2) is 29.3 Å². The van der Waals surface area contributed by atoms with E-state index in [0.29, 0.717) is 5.56 Å². The van der Waals surface area contributed by atoms with Crippen LogP contribution in [0.1, 0.15) is 17.3 Å². The standard InChI is InChI=1S/C19H16F2N2O3S2/c1-3-27-13-6-4-5-11(7-13)18(25)22-19-23(10-16(24)26-2)17-14(21)8-12(20)9-15(17)28-19/h4-9H,3,10H2,1-2H3. The molecule has 0 spiro atoms. The molecule has 0 fully saturated rings. The Hall–Kier alpha value is -2.52. The smallest absolute Gasteiger partial charge is 0.325 e. The zero-order valence-electron chi connectivity index (χ0n) is 15.1. The van der Waals surface area contributed by atoms with Crippen LogP contribution in [0.5, 0.6) is 0 Å². The Labute approximate surface area is 167 Å². The highest BCUT2D eigenvalue weighted by Crippen LogP contribution is 2.23. The van der Waals surface area contributed by atoms with E-state index in [9.17, 15) is 18.4 Å². The third kappa shape index (κ3) is 4.31. The average molecular weight is 422 g/mol. The van der Waals surface area contributed by atoms with E-state index in [4.69, 9.17) is 0 Å². The second-order valence-corrected chi connectivity index (χ2v) is 8.01. The number of amides is 1. The molecule has 5 nitrogen and oxygen atoms in total. The monoisotopic (exact) mass is 422 g/mol. The van der Waals surface area contributed by atoms with E-state index in [0.717, 1.165) is 34.1 Å². The molecule has 0 bridgehead atoms. The molecule has 0 aliphatic heterocycles. The van der Waals surface area contributed by atoms with E-state index in [-0.39, 0.29) is 21.6 Å². The van der Waals surface area contributed by atoms with E-state index in [1.807, 2.05) is 13.0 Å². The molecule has 0 aliphatic carbocycles. The minimum absolute atomic E-state index is 0.00126. The van der Waals surface area contributed by atoms with Gasteiger partial charge in [-0.1, -0.05) is 24.3 Å². The molecule has 3 rings (SSSR count). The number of thiazole rings is 1. The number of nitrogens with zero attached hydrogens (tertiary/aromatic N) is 2. The first kappa shape index (κ1) is 20.2. The lowest BCUT2D eigenvalue weighted by atomic mass is 10.2. The van der Waals surface area contributed by atoms with Crippen molar-refractivity contribution in [3.05, 3.63) is 58.4 Å². The number of hydrogen-bond acceptors (Lipinski definition) is 5. The van der Waals surface area contributed by atoms with Gasteiger partial charge in [0.25, 0.3) is 5.91 Å². The highest BCUT2D eigenvalue weighted by atomic mass is 32.2. The van der Waals surface area contributed by atoms with Crippen molar-refractivity contribution in [3.8, 4) is 0 Å². The van der Waals surface area contributed by atoms with Gasteiger partial charge < -0.3 is 9.30 Å². The number of hydrogen-bond donors (Lipinski definition) is 0. The molecule has 0 N–H and O–H groups in total. The lowest BCUT2D eigenvalue weighted by Crippen LogP contribution is -2.22. The minimum Gasteiger partial charge on any atom is -0.468 e. The Kier molecular flexibility index (Phi) is 6.25. The highest BCUT2D eigenvalue weighted by molar-refractivity contribution is 7.99. The molecule has 2 aromatic carbocycles. The van der Waals surface area contributed by atoms with Crippen LogP contribution in [0.3, 0.4) is 0 Å². The van der Waals surface area contributed by atoms with E-state index < -0.39 is 23.5 Å². The van der Waals surface area contributed by atoms with Crippen LogP contribution in [0.4, 0.5) is 8.78 Å². The predicted molar refractivity (Wildman–Crippen MR) is 104 cm³/mol. The Balaban J connectivity index is 2.14. The summed E-state index contributed by atoms with van der Waals surface area (Å²) in [4.78, 5) is 29.5. The Morgan fingerprint density at radius 1 is 1.25 bits per heavy atom. The van der Waals surface area contributed by atoms with Crippen molar-refractivity contribution < 1.29 is 23.1 Å². The van der Waals surface area contributed by atoms with Crippen molar-refractivity contribution in [1.29, 1.82) is 0 Å². The van der Waals surface area contributed by atoms with Crippen molar-refractivity contribution in [2.75, 3.05) is 12.9 Å². The molecule has 0 unspecified atom stereocenters. The summed E-state index contributed by atoms with van der Waals surface area (Å²) in [6, 6.07) is 8.85. The largest absolute Gasteiger partial charge is 0.468 e. The van der Waals surface area contributed by atoms with Gasteiger partial charge in [0, 0.05) is 16.5 Å². The molecule has 28 heavy (non-hydrogen) atoms. The molecule has 9 heteroatoms. The summed E-state index contributed by atoms with van der Waals surface area (Å²) in [5, 5.41) is 0. The fourth-order valence-corrected chi connectivity index (χ4v) is 4.38. The zero-order chi connectivity index (χ0) is 20.3. The molecule has 1 heterocycles. The number of aromatic nitrogens is 1. The lowest BCUT2D eigenvalue weighted by molar-refractivity contribution is -0.141. The van der Waals surface area contributed by atoms with E-state index in [2.05, 4.69) is 9.73 Å². The Morgan fingerprint density at radius 3 is 2.75 bits per heavy atom. The number of methoxy groups -OCH3 is 1. The van der Waals surface area contributed by atoms with Crippen LogP contribution < -0.4 is 4.80 Å². The normalized spacial score (nSPS) is 11.8. The number of halogens is 2.